The van der Waals surface area contributed by atoms with Crippen LogP contribution in [-0.2, 0) is 6.54 Å². The minimum Gasteiger partial charge on any atom is -0.374 e. The van der Waals surface area contributed by atoms with Crippen molar-refractivity contribution in [3.05, 3.63) is 28.8 Å². The lowest BCUT2D eigenvalue weighted by Gasteiger charge is -2.24. The molecule has 0 radical (unpaired) electrons. The maximum Gasteiger partial charge on any atom is 0.0471 e. The van der Waals surface area contributed by atoms with Gasteiger partial charge in [-0.05, 0) is 43.6 Å². The molecule has 0 bridgehead atoms. The van der Waals surface area contributed by atoms with Crippen LogP contribution in [0.2, 0.25) is 5.02 Å². The van der Waals surface area contributed by atoms with Crippen molar-refractivity contribution in [3.8, 4) is 0 Å². The van der Waals surface area contributed by atoms with Crippen LogP contribution in [0.4, 0.5) is 5.69 Å². The first kappa shape index (κ1) is 16.6. The van der Waals surface area contributed by atoms with Crippen molar-refractivity contribution in [2.45, 2.75) is 32.9 Å². The quantitative estimate of drug-likeness (QED) is 0.870. The van der Waals surface area contributed by atoms with Crippen molar-refractivity contribution in [2.75, 3.05) is 38.6 Å². The van der Waals surface area contributed by atoms with Crippen molar-refractivity contribution in [1.82, 2.24) is 10.2 Å². The number of rotatable bonds is 6. The number of likely N-dealkylation sites (tertiary alicyclic amines) is 1. The van der Waals surface area contributed by atoms with Gasteiger partial charge in [0, 0.05) is 43.4 Å². The molecule has 1 unspecified atom stereocenters. The number of nitrogens with zero attached hydrogens (tertiary/aromatic N) is 2. The van der Waals surface area contributed by atoms with Crippen molar-refractivity contribution in [1.29, 1.82) is 0 Å². The molecule has 1 atom stereocenters. The topological polar surface area (TPSA) is 18.5 Å². The average molecular weight is 310 g/mol. The second kappa shape index (κ2) is 7.48. The molecule has 1 saturated heterocycles. The lowest BCUT2D eigenvalue weighted by Crippen LogP contribution is -2.27. The molecule has 0 amide bonds. The number of hydrogen-bond donors (Lipinski definition) is 1. The van der Waals surface area contributed by atoms with E-state index in [1.807, 2.05) is 0 Å². The van der Waals surface area contributed by atoms with Crippen molar-refractivity contribution >= 4 is 17.3 Å². The monoisotopic (exact) mass is 309 g/mol. The molecule has 0 aromatic heterocycles. The van der Waals surface area contributed by atoms with Gasteiger partial charge in [0.05, 0.1) is 0 Å². The van der Waals surface area contributed by atoms with Gasteiger partial charge in [-0.2, -0.15) is 0 Å². The Bertz CT molecular complexity index is 461. The van der Waals surface area contributed by atoms with Crippen LogP contribution < -0.4 is 10.2 Å². The van der Waals surface area contributed by atoms with Crippen LogP contribution in [0.1, 0.15) is 25.8 Å². The SMILES string of the molecule is CC(C)NCc1ccc(N(C)CC2CCN(C)C2)cc1Cl. The number of halogens is 1. The fraction of sp³-hybridized carbons (Fsp3) is 0.647. The van der Waals surface area contributed by atoms with E-state index in [1.165, 1.54) is 30.8 Å². The highest BCUT2D eigenvalue weighted by Crippen LogP contribution is 2.25. The van der Waals surface area contributed by atoms with Gasteiger partial charge in [0.1, 0.15) is 0 Å². The van der Waals surface area contributed by atoms with E-state index in [9.17, 15) is 0 Å². The van der Waals surface area contributed by atoms with Crippen LogP contribution in [-0.4, -0.2) is 44.7 Å². The van der Waals surface area contributed by atoms with Gasteiger partial charge < -0.3 is 15.1 Å². The van der Waals surface area contributed by atoms with Gasteiger partial charge in [0.15, 0.2) is 0 Å². The second-order valence-electron chi connectivity index (χ2n) is 6.61. The molecule has 1 heterocycles. The lowest BCUT2D eigenvalue weighted by molar-refractivity contribution is 0.396. The lowest BCUT2D eigenvalue weighted by atomic mass is 10.1. The third-order valence-corrected chi connectivity index (χ3v) is 4.55. The first-order valence-corrected chi connectivity index (χ1v) is 8.25. The number of anilines is 1. The van der Waals surface area contributed by atoms with Crippen molar-refractivity contribution in [3.63, 3.8) is 0 Å². The molecule has 3 nitrogen and oxygen atoms in total. The molecule has 0 saturated carbocycles. The van der Waals surface area contributed by atoms with Crippen molar-refractivity contribution in [2.24, 2.45) is 5.92 Å². The Balaban J connectivity index is 1.95. The Hall–Kier alpha value is -0.770. The van der Waals surface area contributed by atoms with Gasteiger partial charge in [-0.15, -0.1) is 0 Å². The average Bonchev–Trinajstić information content (AvgIpc) is 2.82. The molecule has 1 aromatic carbocycles. The summed E-state index contributed by atoms with van der Waals surface area (Å²) in [6, 6.07) is 6.90. The largest absolute Gasteiger partial charge is 0.374 e. The molecule has 1 aromatic rings. The van der Waals surface area contributed by atoms with Gasteiger partial charge in [-0.1, -0.05) is 31.5 Å². The predicted octanol–water partition coefficient (Wildman–Crippen LogP) is 3.23. The molecule has 1 aliphatic heterocycles. The van der Waals surface area contributed by atoms with Crippen molar-refractivity contribution < 1.29 is 0 Å². The summed E-state index contributed by atoms with van der Waals surface area (Å²) in [5.74, 6) is 0.765. The minimum atomic E-state index is 0.475. The standard InChI is InChI=1S/C17H28ClN3/c1-13(2)19-10-15-5-6-16(9-17(15)18)21(4)12-14-7-8-20(3)11-14/h5-6,9,13-14,19H,7-8,10-12H2,1-4H3. The Morgan fingerprint density at radius 3 is 2.76 bits per heavy atom. The Labute approximate surface area is 134 Å². The van der Waals surface area contributed by atoms with Gasteiger partial charge >= 0.3 is 0 Å². The number of nitrogens with one attached hydrogen (secondary N) is 1. The summed E-state index contributed by atoms with van der Waals surface area (Å²) in [7, 11) is 4.36. The van der Waals surface area contributed by atoms with E-state index in [-0.39, 0.29) is 0 Å². The summed E-state index contributed by atoms with van der Waals surface area (Å²) in [6.45, 7) is 8.65. The van der Waals surface area contributed by atoms with Gasteiger partial charge in [0.2, 0.25) is 0 Å². The van der Waals surface area contributed by atoms with Gasteiger partial charge in [0.25, 0.3) is 0 Å². The van der Waals surface area contributed by atoms with E-state index in [1.54, 1.807) is 0 Å². The first-order valence-electron chi connectivity index (χ1n) is 7.87. The highest BCUT2D eigenvalue weighted by atomic mass is 35.5. The second-order valence-corrected chi connectivity index (χ2v) is 7.02. The predicted molar refractivity (Wildman–Crippen MR) is 92.3 cm³/mol. The Morgan fingerprint density at radius 2 is 2.19 bits per heavy atom. The van der Waals surface area contributed by atoms with Crippen LogP contribution in [0.3, 0.4) is 0 Å². The van der Waals surface area contributed by atoms with E-state index in [2.05, 4.69) is 61.3 Å². The third kappa shape index (κ3) is 4.87. The fourth-order valence-corrected chi connectivity index (χ4v) is 3.14. The Kier molecular flexibility index (Phi) is 5.91. The highest BCUT2D eigenvalue weighted by molar-refractivity contribution is 6.31. The summed E-state index contributed by atoms with van der Waals surface area (Å²) in [6.07, 6.45) is 1.30. The molecular formula is C17H28ClN3. The zero-order valence-corrected chi connectivity index (χ0v) is 14.5. The summed E-state index contributed by atoms with van der Waals surface area (Å²) >= 11 is 6.42. The van der Waals surface area contributed by atoms with E-state index in [0.717, 1.165) is 24.0 Å². The maximum absolute atomic E-state index is 6.42. The van der Waals surface area contributed by atoms with E-state index >= 15 is 0 Å². The number of hydrogen-bond acceptors (Lipinski definition) is 3. The molecule has 0 spiro atoms. The molecule has 2 rings (SSSR count). The molecule has 21 heavy (non-hydrogen) atoms. The maximum atomic E-state index is 6.42. The zero-order chi connectivity index (χ0) is 15.4. The van der Waals surface area contributed by atoms with Crippen LogP contribution in [0.15, 0.2) is 18.2 Å². The van der Waals surface area contributed by atoms with Crippen LogP contribution in [0, 0.1) is 5.92 Å². The zero-order valence-electron chi connectivity index (χ0n) is 13.7. The summed E-state index contributed by atoms with van der Waals surface area (Å²) in [5.41, 5.74) is 2.38. The molecule has 118 valence electrons. The summed E-state index contributed by atoms with van der Waals surface area (Å²) in [5, 5.41) is 4.27. The molecule has 1 aliphatic rings. The molecule has 1 N–H and O–H groups in total. The molecular weight excluding hydrogens is 282 g/mol. The van der Waals surface area contributed by atoms with Crippen LogP contribution >= 0.6 is 11.6 Å². The third-order valence-electron chi connectivity index (χ3n) is 4.20. The highest BCUT2D eigenvalue weighted by Gasteiger charge is 2.21. The van der Waals surface area contributed by atoms with Gasteiger partial charge in [-0.25, -0.2) is 0 Å². The van der Waals surface area contributed by atoms with E-state index < -0.39 is 0 Å². The number of benzene rings is 1. The van der Waals surface area contributed by atoms with E-state index in [4.69, 9.17) is 11.6 Å². The Morgan fingerprint density at radius 1 is 1.43 bits per heavy atom. The van der Waals surface area contributed by atoms with Crippen LogP contribution in [0.5, 0.6) is 0 Å². The normalized spacial score (nSPS) is 19.4. The summed E-state index contributed by atoms with van der Waals surface area (Å²) < 4.78 is 0. The van der Waals surface area contributed by atoms with Gasteiger partial charge in [-0.3, -0.25) is 0 Å². The molecule has 1 fully saturated rings. The molecule has 4 heteroatoms. The minimum absolute atomic E-state index is 0.475. The fourth-order valence-electron chi connectivity index (χ4n) is 2.90. The smallest absolute Gasteiger partial charge is 0.0471 e. The first-order chi connectivity index (χ1) is 9.95. The molecule has 0 aliphatic carbocycles. The van der Waals surface area contributed by atoms with E-state index in [0.29, 0.717) is 6.04 Å². The van der Waals surface area contributed by atoms with Crippen LogP contribution in [0.25, 0.3) is 0 Å². The summed E-state index contributed by atoms with van der Waals surface area (Å²) in [4.78, 5) is 4.74.